The van der Waals surface area contributed by atoms with E-state index in [1.165, 1.54) is 0 Å². The first-order valence-electron chi connectivity index (χ1n) is 6.56. The summed E-state index contributed by atoms with van der Waals surface area (Å²) >= 11 is 0. The number of hydrogen-bond acceptors (Lipinski definition) is 6. The minimum Gasteiger partial charge on any atom is -0.407 e. The highest BCUT2D eigenvalue weighted by Crippen LogP contribution is 2.17. The van der Waals surface area contributed by atoms with Gasteiger partial charge in [0.2, 0.25) is 5.89 Å². The molecule has 2 N–H and O–H groups in total. The van der Waals surface area contributed by atoms with Gasteiger partial charge < -0.3 is 19.8 Å². The molecule has 1 fully saturated rings. The summed E-state index contributed by atoms with van der Waals surface area (Å²) in [6.07, 6.45) is 1.17. The molecule has 2 atom stereocenters. The van der Waals surface area contributed by atoms with Crippen LogP contribution in [-0.4, -0.2) is 35.5 Å². The molecule has 102 valence electrons. The lowest BCUT2D eigenvalue weighted by molar-refractivity contribution is 0.121. The van der Waals surface area contributed by atoms with Gasteiger partial charge in [-0.25, -0.2) is 0 Å². The molecule has 0 saturated carbocycles. The Morgan fingerprint density at radius 3 is 2.89 bits per heavy atom. The first-order valence-corrected chi connectivity index (χ1v) is 6.56. The van der Waals surface area contributed by atoms with Gasteiger partial charge in [-0.2, -0.15) is 0 Å². The molecule has 1 aliphatic rings. The number of rotatable bonds is 6. The average Bonchev–Trinajstić information content (AvgIpc) is 2.90. The van der Waals surface area contributed by atoms with Crippen LogP contribution in [0.25, 0.3) is 0 Å². The van der Waals surface area contributed by atoms with Crippen molar-refractivity contribution in [1.29, 1.82) is 0 Å². The second-order valence-electron chi connectivity index (χ2n) is 5.14. The minimum absolute atomic E-state index is 0.194. The quantitative estimate of drug-likeness (QED) is 0.799. The standard InChI is InChI=1S/C12H22N4O2/c1-8(2)6-13-7-11-15-16-12(18-11)14-10-4-5-17-9(10)3/h8-10,13H,4-7H2,1-3H3,(H,14,16). The number of hydrogen-bond donors (Lipinski definition) is 2. The topological polar surface area (TPSA) is 72.2 Å². The van der Waals surface area contributed by atoms with Crippen LogP contribution in [0.2, 0.25) is 0 Å². The third kappa shape index (κ3) is 3.68. The molecule has 0 aliphatic carbocycles. The molecule has 1 aromatic heterocycles. The zero-order valence-electron chi connectivity index (χ0n) is 11.3. The monoisotopic (exact) mass is 254 g/mol. The maximum Gasteiger partial charge on any atom is 0.315 e. The summed E-state index contributed by atoms with van der Waals surface area (Å²) in [6.45, 7) is 8.72. The van der Waals surface area contributed by atoms with Crippen molar-refractivity contribution in [2.75, 3.05) is 18.5 Å². The summed E-state index contributed by atoms with van der Waals surface area (Å²) in [5.74, 6) is 1.23. The first-order chi connectivity index (χ1) is 8.65. The summed E-state index contributed by atoms with van der Waals surface area (Å²) in [5, 5.41) is 14.5. The predicted molar refractivity (Wildman–Crippen MR) is 68.3 cm³/mol. The Kier molecular flexibility index (Phi) is 4.54. The van der Waals surface area contributed by atoms with E-state index in [-0.39, 0.29) is 12.1 Å². The lowest BCUT2D eigenvalue weighted by Gasteiger charge is -2.13. The lowest BCUT2D eigenvalue weighted by Crippen LogP contribution is -2.26. The van der Waals surface area contributed by atoms with E-state index in [4.69, 9.17) is 9.15 Å². The van der Waals surface area contributed by atoms with Crippen LogP contribution in [0.1, 0.15) is 33.1 Å². The van der Waals surface area contributed by atoms with Gasteiger partial charge in [0.1, 0.15) is 0 Å². The molecule has 2 rings (SSSR count). The molecule has 0 spiro atoms. The molecule has 0 aromatic carbocycles. The molecule has 18 heavy (non-hydrogen) atoms. The molecule has 0 amide bonds. The Hall–Kier alpha value is -1.14. The zero-order valence-corrected chi connectivity index (χ0v) is 11.3. The van der Waals surface area contributed by atoms with Crippen LogP contribution in [-0.2, 0) is 11.3 Å². The molecule has 6 heteroatoms. The molecule has 0 bridgehead atoms. The van der Waals surface area contributed by atoms with Crippen molar-refractivity contribution >= 4 is 6.01 Å². The first kappa shape index (κ1) is 13.3. The highest BCUT2D eigenvalue weighted by Gasteiger charge is 2.25. The molecule has 1 aromatic rings. The van der Waals surface area contributed by atoms with Crippen molar-refractivity contribution in [2.24, 2.45) is 5.92 Å². The van der Waals surface area contributed by atoms with Gasteiger partial charge in [-0.15, -0.1) is 5.10 Å². The number of aromatic nitrogens is 2. The summed E-state index contributed by atoms with van der Waals surface area (Å²) in [6, 6.07) is 0.751. The van der Waals surface area contributed by atoms with Crippen molar-refractivity contribution in [3.63, 3.8) is 0 Å². The third-order valence-electron chi connectivity index (χ3n) is 2.98. The molecule has 6 nitrogen and oxygen atoms in total. The number of nitrogens with zero attached hydrogens (tertiary/aromatic N) is 2. The second kappa shape index (κ2) is 6.15. The van der Waals surface area contributed by atoms with Crippen LogP contribution >= 0.6 is 0 Å². The Morgan fingerprint density at radius 1 is 1.39 bits per heavy atom. The summed E-state index contributed by atoms with van der Waals surface area (Å²) in [7, 11) is 0. The fourth-order valence-corrected chi connectivity index (χ4v) is 1.93. The van der Waals surface area contributed by atoms with Crippen LogP contribution in [0, 0.1) is 5.92 Å². The minimum atomic E-state index is 0.194. The average molecular weight is 254 g/mol. The summed E-state index contributed by atoms with van der Waals surface area (Å²) in [5.41, 5.74) is 0. The van der Waals surface area contributed by atoms with Gasteiger partial charge >= 0.3 is 6.01 Å². The Balaban J connectivity index is 1.78. The SMILES string of the molecule is CC(C)CNCc1nnc(NC2CCOC2C)o1. The van der Waals surface area contributed by atoms with Crippen molar-refractivity contribution in [1.82, 2.24) is 15.5 Å². The highest BCUT2D eigenvalue weighted by molar-refractivity contribution is 5.20. The fourth-order valence-electron chi connectivity index (χ4n) is 1.93. The second-order valence-corrected chi connectivity index (χ2v) is 5.14. The number of nitrogens with one attached hydrogen (secondary N) is 2. The normalized spacial score (nSPS) is 23.8. The maximum atomic E-state index is 5.52. The van der Waals surface area contributed by atoms with E-state index >= 15 is 0 Å². The maximum absolute atomic E-state index is 5.52. The molecule has 2 unspecified atom stereocenters. The van der Waals surface area contributed by atoms with Crippen LogP contribution in [0.5, 0.6) is 0 Å². The van der Waals surface area contributed by atoms with Gasteiger partial charge in [-0.05, 0) is 25.8 Å². The van der Waals surface area contributed by atoms with Crippen LogP contribution in [0.3, 0.4) is 0 Å². The smallest absolute Gasteiger partial charge is 0.315 e. The van der Waals surface area contributed by atoms with Crippen molar-refractivity contribution < 1.29 is 9.15 Å². The van der Waals surface area contributed by atoms with Crippen LogP contribution in [0.4, 0.5) is 6.01 Å². The zero-order chi connectivity index (χ0) is 13.0. The predicted octanol–water partition coefficient (Wildman–Crippen LogP) is 1.40. The number of anilines is 1. The molecular weight excluding hydrogens is 232 g/mol. The molecule has 2 heterocycles. The largest absolute Gasteiger partial charge is 0.407 e. The van der Waals surface area contributed by atoms with Gasteiger partial charge in [-0.3, -0.25) is 0 Å². The van der Waals surface area contributed by atoms with E-state index in [0.29, 0.717) is 24.4 Å². The summed E-state index contributed by atoms with van der Waals surface area (Å²) < 4.78 is 11.0. The van der Waals surface area contributed by atoms with Crippen LogP contribution < -0.4 is 10.6 Å². The Morgan fingerprint density at radius 2 is 2.22 bits per heavy atom. The Bertz CT molecular complexity index is 367. The molecule has 1 saturated heterocycles. The van der Waals surface area contributed by atoms with Crippen molar-refractivity contribution in [3.05, 3.63) is 5.89 Å². The van der Waals surface area contributed by atoms with Gasteiger partial charge in [0, 0.05) is 6.61 Å². The van der Waals surface area contributed by atoms with Crippen LogP contribution in [0.15, 0.2) is 4.42 Å². The molecule has 0 radical (unpaired) electrons. The van der Waals surface area contributed by atoms with E-state index in [2.05, 4.69) is 34.7 Å². The van der Waals surface area contributed by atoms with Gasteiger partial charge in [0.25, 0.3) is 0 Å². The van der Waals surface area contributed by atoms with E-state index in [1.807, 2.05) is 6.92 Å². The van der Waals surface area contributed by atoms with Gasteiger partial charge in [-0.1, -0.05) is 18.9 Å². The third-order valence-corrected chi connectivity index (χ3v) is 2.98. The van der Waals surface area contributed by atoms with E-state index < -0.39 is 0 Å². The highest BCUT2D eigenvalue weighted by atomic mass is 16.5. The number of ether oxygens (including phenoxy) is 1. The van der Waals surface area contributed by atoms with Gasteiger partial charge in [0.05, 0.1) is 18.7 Å². The van der Waals surface area contributed by atoms with E-state index in [1.54, 1.807) is 0 Å². The molecular formula is C12H22N4O2. The fraction of sp³-hybridized carbons (Fsp3) is 0.833. The lowest BCUT2D eigenvalue weighted by atomic mass is 10.2. The summed E-state index contributed by atoms with van der Waals surface area (Å²) in [4.78, 5) is 0. The van der Waals surface area contributed by atoms with E-state index in [0.717, 1.165) is 19.6 Å². The van der Waals surface area contributed by atoms with Crippen molar-refractivity contribution in [3.8, 4) is 0 Å². The Labute approximate surface area is 107 Å². The van der Waals surface area contributed by atoms with Crippen molar-refractivity contribution in [2.45, 2.75) is 45.9 Å². The van der Waals surface area contributed by atoms with E-state index in [9.17, 15) is 0 Å². The molecule has 1 aliphatic heterocycles. The van der Waals surface area contributed by atoms with Gasteiger partial charge in [0.15, 0.2) is 0 Å².